The van der Waals surface area contributed by atoms with Gasteiger partial charge in [-0.05, 0) is 72.1 Å². The molecule has 4 atom stereocenters. The van der Waals surface area contributed by atoms with E-state index in [0.717, 1.165) is 34.7 Å². The summed E-state index contributed by atoms with van der Waals surface area (Å²) in [4.78, 5) is 30.4. The first-order chi connectivity index (χ1) is 22.1. The number of amides is 2. The number of benzene rings is 4. The molecule has 2 aliphatic rings. The van der Waals surface area contributed by atoms with E-state index in [1.165, 1.54) is 5.19 Å². The second-order valence-electron chi connectivity index (χ2n) is 12.7. The van der Waals surface area contributed by atoms with Gasteiger partial charge in [0.25, 0.3) is 5.91 Å². The van der Waals surface area contributed by atoms with Gasteiger partial charge < -0.3 is 19.5 Å². The van der Waals surface area contributed by atoms with Gasteiger partial charge in [0.1, 0.15) is 5.75 Å². The number of fused-ring (bicyclic) bond motifs is 2. The number of anilines is 3. The zero-order valence-corrected chi connectivity index (χ0v) is 28.3. The number of aliphatic hydroxyl groups excluding tert-OH is 1. The monoisotopic (exact) mass is 654 g/mol. The molecule has 2 aliphatic heterocycles. The molecule has 0 saturated carbocycles. The third-order valence-corrected chi connectivity index (χ3v) is 14.5. The fraction of sp³-hybridized carbons (Fsp3) is 0.297. The Morgan fingerprint density at radius 2 is 1.72 bits per heavy atom. The van der Waals surface area contributed by atoms with Gasteiger partial charge in [-0.3, -0.25) is 14.5 Å². The number of halogens is 1. The Morgan fingerprint density at radius 3 is 2.39 bits per heavy atom. The van der Waals surface area contributed by atoms with E-state index in [9.17, 15) is 14.7 Å². The van der Waals surface area contributed by atoms with Crippen LogP contribution in [0, 0.1) is 5.92 Å². The van der Waals surface area contributed by atoms with Crippen LogP contribution in [0.4, 0.5) is 17.1 Å². The molecule has 0 aliphatic carbocycles. The number of ether oxygens (including phenoxy) is 2. The molecule has 238 valence electrons. The molecule has 6 rings (SSSR count). The van der Waals surface area contributed by atoms with E-state index in [4.69, 9.17) is 21.1 Å². The zero-order valence-electron chi connectivity index (χ0n) is 26.5. The van der Waals surface area contributed by atoms with Crippen LogP contribution in [0.5, 0.6) is 5.75 Å². The van der Waals surface area contributed by atoms with E-state index in [1.54, 1.807) is 23.0 Å². The van der Waals surface area contributed by atoms with Crippen molar-refractivity contribution in [3.8, 4) is 5.75 Å². The number of carbonyl (C=O) groups excluding carboxylic acids is 2. The third-order valence-electron chi connectivity index (χ3n) is 9.88. The van der Waals surface area contributed by atoms with Crippen LogP contribution in [0.25, 0.3) is 0 Å². The van der Waals surface area contributed by atoms with Gasteiger partial charge in [-0.1, -0.05) is 79.3 Å². The van der Waals surface area contributed by atoms with Crippen LogP contribution >= 0.6 is 11.6 Å². The Kier molecular flexibility index (Phi) is 8.82. The summed E-state index contributed by atoms with van der Waals surface area (Å²) in [6.07, 6.45) is 0.899. The van der Waals surface area contributed by atoms with Crippen molar-refractivity contribution in [2.24, 2.45) is 5.92 Å². The van der Waals surface area contributed by atoms with Crippen molar-refractivity contribution in [1.82, 2.24) is 0 Å². The highest BCUT2D eigenvalue weighted by atomic mass is 35.5. The predicted octanol–water partition coefficient (Wildman–Crippen LogP) is 6.79. The molecular weight excluding hydrogens is 616 g/mol. The van der Waals surface area contributed by atoms with Crippen LogP contribution in [-0.4, -0.2) is 45.3 Å². The molecule has 46 heavy (non-hydrogen) atoms. The highest BCUT2D eigenvalue weighted by Crippen LogP contribution is 2.60. The molecule has 4 aromatic rings. The van der Waals surface area contributed by atoms with E-state index >= 15 is 0 Å². The molecule has 2 amide bonds. The maximum absolute atomic E-state index is 14.9. The van der Waals surface area contributed by atoms with E-state index < -0.39 is 13.7 Å². The van der Waals surface area contributed by atoms with E-state index in [2.05, 4.69) is 32.2 Å². The molecular formula is C37H39ClN2O5Si. The molecule has 0 bridgehead atoms. The predicted molar refractivity (Wildman–Crippen MR) is 185 cm³/mol. The van der Waals surface area contributed by atoms with Gasteiger partial charge >= 0.3 is 0 Å². The van der Waals surface area contributed by atoms with Gasteiger partial charge in [-0.25, -0.2) is 0 Å². The van der Waals surface area contributed by atoms with Crippen molar-refractivity contribution in [3.05, 3.63) is 113 Å². The average molecular weight is 655 g/mol. The van der Waals surface area contributed by atoms with Crippen molar-refractivity contribution >= 4 is 54.2 Å². The van der Waals surface area contributed by atoms with Crippen molar-refractivity contribution in [2.75, 3.05) is 23.5 Å². The van der Waals surface area contributed by atoms with Crippen LogP contribution in [0.2, 0.25) is 23.7 Å². The summed E-state index contributed by atoms with van der Waals surface area (Å²) < 4.78 is 12.4. The molecule has 0 aromatic heterocycles. The topological polar surface area (TPSA) is 79.3 Å². The normalized spacial score (nSPS) is 22.3. The van der Waals surface area contributed by atoms with Crippen LogP contribution < -0.4 is 19.7 Å². The maximum atomic E-state index is 14.9. The van der Waals surface area contributed by atoms with Gasteiger partial charge in [0.05, 0.1) is 33.5 Å². The number of rotatable bonds is 10. The second kappa shape index (κ2) is 12.7. The van der Waals surface area contributed by atoms with Crippen molar-refractivity contribution < 1.29 is 24.2 Å². The molecule has 1 spiro atoms. The minimum absolute atomic E-state index is 0.0270. The lowest BCUT2D eigenvalue weighted by Crippen LogP contribution is -2.51. The number of nitrogens with zero attached hydrogens (tertiary/aromatic N) is 2. The summed E-state index contributed by atoms with van der Waals surface area (Å²) in [6, 6.07) is 30.9. The first-order valence-corrected chi connectivity index (χ1v) is 19.0. The van der Waals surface area contributed by atoms with Crippen LogP contribution in [0.1, 0.15) is 24.5 Å². The van der Waals surface area contributed by atoms with Crippen molar-refractivity contribution in [3.63, 3.8) is 0 Å². The lowest BCUT2D eigenvalue weighted by Gasteiger charge is -2.37. The summed E-state index contributed by atoms with van der Waals surface area (Å²) >= 11 is 6.60. The lowest BCUT2D eigenvalue weighted by atomic mass is 9.82. The molecule has 2 heterocycles. The molecule has 1 fully saturated rings. The van der Waals surface area contributed by atoms with Gasteiger partial charge in [-0.2, -0.15) is 0 Å². The van der Waals surface area contributed by atoms with Gasteiger partial charge in [0.15, 0.2) is 5.60 Å². The number of para-hydroxylation sites is 1. The minimum Gasteiger partial charge on any atom is -0.497 e. The lowest BCUT2D eigenvalue weighted by molar-refractivity contribution is -0.146. The summed E-state index contributed by atoms with van der Waals surface area (Å²) in [6.45, 7) is 6.99. The smallest absolute Gasteiger partial charge is 0.264 e. The molecule has 0 radical (unpaired) electrons. The highest BCUT2D eigenvalue weighted by Gasteiger charge is 2.66. The molecule has 4 aromatic carbocycles. The minimum atomic E-state index is -2.29. The third kappa shape index (κ3) is 5.33. The molecule has 0 unspecified atom stereocenters. The van der Waals surface area contributed by atoms with Crippen LogP contribution in [0.15, 0.2) is 97.1 Å². The Hall–Kier alpha value is -3.95. The van der Waals surface area contributed by atoms with Gasteiger partial charge in [-0.15, -0.1) is 0 Å². The van der Waals surface area contributed by atoms with Crippen molar-refractivity contribution in [1.29, 1.82) is 0 Å². The summed E-state index contributed by atoms with van der Waals surface area (Å²) in [7, 11) is -0.634. The maximum Gasteiger partial charge on any atom is 0.264 e. The van der Waals surface area contributed by atoms with E-state index in [1.807, 2.05) is 78.9 Å². The summed E-state index contributed by atoms with van der Waals surface area (Å²) in [5.74, 6) is 0.461. The quantitative estimate of drug-likeness (QED) is 0.151. The number of aliphatic hydroxyl groups is 1. The Bertz CT molecular complexity index is 1730. The standard InChI is InChI=1S/C37H39ClN2O5Si/c1-25-35(46(3,4)31-16-14-30(44-2)15-17-31)34(19-20-41)45-37(25)32-22-27(38)13-18-33(32)39(36(37)43)23-26-9-8-12-29(21-26)40(24-42)28-10-6-5-7-11-28/h5-18,21-22,24-25,34-35,41H,19-20,23H2,1-4H3/t25-,34+,35-,37+/m1/s1. The number of hydrogen-bond acceptors (Lipinski definition) is 5. The van der Waals surface area contributed by atoms with Gasteiger partial charge in [0, 0.05) is 34.5 Å². The van der Waals surface area contributed by atoms with Crippen LogP contribution in [-0.2, 0) is 26.5 Å². The number of methoxy groups -OCH3 is 1. The zero-order chi connectivity index (χ0) is 32.6. The first kappa shape index (κ1) is 32.0. The fourth-order valence-electron chi connectivity index (χ4n) is 7.69. The van der Waals surface area contributed by atoms with E-state index in [-0.39, 0.29) is 36.6 Å². The molecule has 1 N–H and O–H groups in total. The SMILES string of the molecule is COc1ccc([Si](C)(C)[C@H]2[C@H](CCO)O[C@@]3(C(=O)N(Cc4cccc(N(C=O)c5ccccc5)c4)c4ccc(Cl)cc43)[C@@H]2C)cc1. The summed E-state index contributed by atoms with van der Waals surface area (Å²) in [5.41, 5.74) is 2.62. The average Bonchev–Trinajstić information content (AvgIpc) is 3.48. The Morgan fingerprint density at radius 1 is 1.00 bits per heavy atom. The second-order valence-corrected chi connectivity index (χ2v) is 17.8. The van der Waals surface area contributed by atoms with E-state index in [0.29, 0.717) is 17.1 Å². The fourth-order valence-corrected chi connectivity index (χ4v) is 11.9. The Balaban J connectivity index is 1.39. The molecule has 7 nitrogen and oxygen atoms in total. The van der Waals surface area contributed by atoms with Crippen molar-refractivity contribution in [2.45, 2.75) is 50.2 Å². The first-order valence-electron chi connectivity index (χ1n) is 15.6. The van der Waals surface area contributed by atoms with Gasteiger partial charge in [0.2, 0.25) is 6.41 Å². The molecule has 1 saturated heterocycles. The summed E-state index contributed by atoms with van der Waals surface area (Å²) in [5, 5.41) is 11.9. The number of carbonyl (C=O) groups is 2. The highest BCUT2D eigenvalue weighted by molar-refractivity contribution is 6.91. The van der Waals surface area contributed by atoms with Crippen LogP contribution in [0.3, 0.4) is 0 Å². The largest absolute Gasteiger partial charge is 0.497 e. The Labute approximate surface area is 276 Å². The molecule has 9 heteroatoms. The number of hydrogen-bond donors (Lipinski definition) is 1.